The molecule has 9 heteroatoms. The van der Waals surface area contributed by atoms with Crippen molar-refractivity contribution in [3.8, 4) is 22.4 Å². The summed E-state index contributed by atoms with van der Waals surface area (Å²) < 4.78 is 0. The second kappa shape index (κ2) is 11.4. The van der Waals surface area contributed by atoms with Crippen LogP contribution in [-0.4, -0.2) is 112 Å². The standard InChI is InChI=1S/C34H41N7O2/c1-22-16-26(17-23(2)32(22)40-14-12-39(13-15-40)27-8-10-38(3)11-9-27)30-19-36-33-31(37-30)29(18-35-33)24-4-6-25(7-5-24)34(43)41-20-28(42)21-41/h4-7,16-19,27-28,42H,8-15,20-21H2,1-3H3,(H,35,36). The Balaban J connectivity index is 1.09. The maximum Gasteiger partial charge on any atom is 0.254 e. The lowest BCUT2D eigenvalue weighted by Gasteiger charge is -2.43. The highest BCUT2D eigenvalue weighted by Crippen LogP contribution is 2.34. The van der Waals surface area contributed by atoms with Gasteiger partial charge in [-0.2, -0.15) is 0 Å². The summed E-state index contributed by atoms with van der Waals surface area (Å²) in [5.74, 6) is -0.0498. The first-order valence-corrected chi connectivity index (χ1v) is 15.5. The summed E-state index contributed by atoms with van der Waals surface area (Å²) in [6.07, 6.45) is 5.94. The first-order valence-electron chi connectivity index (χ1n) is 15.5. The highest BCUT2D eigenvalue weighted by atomic mass is 16.3. The van der Waals surface area contributed by atoms with Crippen LogP contribution < -0.4 is 4.90 Å². The third kappa shape index (κ3) is 5.41. The van der Waals surface area contributed by atoms with Crippen LogP contribution in [-0.2, 0) is 0 Å². The van der Waals surface area contributed by atoms with E-state index < -0.39 is 6.10 Å². The Bertz CT molecular complexity index is 1600. The van der Waals surface area contributed by atoms with E-state index in [1.54, 1.807) is 4.90 Å². The van der Waals surface area contributed by atoms with Crippen LogP contribution >= 0.6 is 0 Å². The number of likely N-dealkylation sites (tertiary alicyclic amines) is 2. The number of rotatable bonds is 5. The number of nitrogens with one attached hydrogen (secondary N) is 1. The zero-order chi connectivity index (χ0) is 29.7. The summed E-state index contributed by atoms with van der Waals surface area (Å²) in [5, 5.41) is 9.53. The molecule has 0 spiro atoms. The molecule has 3 fully saturated rings. The molecule has 43 heavy (non-hydrogen) atoms. The van der Waals surface area contributed by atoms with Crippen LogP contribution in [0, 0.1) is 13.8 Å². The molecule has 0 aliphatic carbocycles. The summed E-state index contributed by atoms with van der Waals surface area (Å²) in [6.45, 7) is 12.0. The van der Waals surface area contributed by atoms with Gasteiger partial charge in [0.1, 0.15) is 5.52 Å². The maximum absolute atomic E-state index is 12.6. The van der Waals surface area contributed by atoms with Crippen molar-refractivity contribution in [2.75, 3.05) is 64.3 Å². The molecular weight excluding hydrogens is 538 g/mol. The topological polar surface area (TPSA) is 91.8 Å². The van der Waals surface area contributed by atoms with Crippen LogP contribution in [0.1, 0.15) is 34.3 Å². The van der Waals surface area contributed by atoms with E-state index in [-0.39, 0.29) is 5.91 Å². The molecule has 2 aromatic carbocycles. The highest BCUT2D eigenvalue weighted by Gasteiger charge is 2.30. The Morgan fingerprint density at radius 1 is 0.930 bits per heavy atom. The van der Waals surface area contributed by atoms with Crippen molar-refractivity contribution < 1.29 is 9.90 Å². The van der Waals surface area contributed by atoms with Crippen LogP contribution in [0.2, 0.25) is 0 Å². The molecule has 9 nitrogen and oxygen atoms in total. The third-order valence-electron chi connectivity index (χ3n) is 9.59. The Labute approximate surface area is 253 Å². The van der Waals surface area contributed by atoms with Gasteiger partial charge in [0, 0.05) is 73.9 Å². The van der Waals surface area contributed by atoms with E-state index in [0.29, 0.717) is 18.7 Å². The average Bonchev–Trinajstić information content (AvgIpc) is 3.43. The molecule has 7 rings (SSSR count). The minimum Gasteiger partial charge on any atom is -0.389 e. The van der Waals surface area contributed by atoms with Gasteiger partial charge in [0.2, 0.25) is 0 Å². The lowest BCUT2D eigenvalue weighted by molar-refractivity contribution is 0.00590. The van der Waals surface area contributed by atoms with Gasteiger partial charge in [0.15, 0.2) is 5.65 Å². The van der Waals surface area contributed by atoms with Crippen molar-refractivity contribution in [3.63, 3.8) is 0 Å². The van der Waals surface area contributed by atoms with E-state index in [0.717, 1.165) is 65.8 Å². The minimum absolute atomic E-state index is 0.0498. The van der Waals surface area contributed by atoms with Crippen molar-refractivity contribution in [2.45, 2.75) is 38.8 Å². The van der Waals surface area contributed by atoms with Gasteiger partial charge in [-0.1, -0.05) is 12.1 Å². The summed E-state index contributed by atoms with van der Waals surface area (Å²) >= 11 is 0. The second-order valence-corrected chi connectivity index (χ2v) is 12.6. The number of piperazine rings is 1. The predicted octanol–water partition coefficient (Wildman–Crippen LogP) is 3.94. The van der Waals surface area contributed by atoms with E-state index in [1.807, 2.05) is 36.7 Å². The molecule has 224 valence electrons. The first-order chi connectivity index (χ1) is 20.8. The molecule has 0 unspecified atom stereocenters. The van der Waals surface area contributed by atoms with E-state index >= 15 is 0 Å². The summed E-state index contributed by atoms with van der Waals surface area (Å²) in [7, 11) is 2.23. The zero-order valence-corrected chi connectivity index (χ0v) is 25.4. The van der Waals surface area contributed by atoms with Gasteiger partial charge in [-0.3, -0.25) is 9.69 Å². The fraction of sp³-hybridized carbons (Fsp3) is 0.441. The van der Waals surface area contributed by atoms with Crippen molar-refractivity contribution in [1.82, 2.24) is 29.7 Å². The number of aromatic nitrogens is 3. The number of aryl methyl sites for hydroxylation is 2. The lowest BCUT2D eigenvalue weighted by atomic mass is 9.99. The summed E-state index contributed by atoms with van der Waals surface area (Å²) in [5.41, 5.74) is 9.91. The number of hydrogen-bond donors (Lipinski definition) is 2. The number of nitrogens with zero attached hydrogens (tertiary/aromatic N) is 6. The lowest BCUT2D eigenvalue weighted by Crippen LogP contribution is -2.53. The number of aromatic amines is 1. The van der Waals surface area contributed by atoms with Gasteiger partial charge < -0.3 is 24.8 Å². The molecule has 2 aromatic heterocycles. The molecule has 3 aliphatic heterocycles. The smallest absolute Gasteiger partial charge is 0.254 e. The van der Waals surface area contributed by atoms with E-state index in [4.69, 9.17) is 9.97 Å². The SMILES string of the molecule is Cc1cc(-c2cnc3[nH]cc(-c4ccc(C(=O)N5CC(O)C5)cc4)c3n2)cc(C)c1N1CCN(C2CCN(C)CC2)CC1. The molecule has 0 radical (unpaired) electrons. The van der Waals surface area contributed by atoms with Crippen LogP contribution in [0.15, 0.2) is 48.8 Å². The number of fused-ring (bicyclic) bond motifs is 1. The molecule has 3 aliphatic rings. The number of β-amino-alcohol motifs (C(OH)–C–C–N with tert-alkyl or cyclic N) is 1. The predicted molar refractivity (Wildman–Crippen MR) is 170 cm³/mol. The molecular formula is C34H41N7O2. The van der Waals surface area contributed by atoms with Crippen LogP contribution in [0.5, 0.6) is 0 Å². The zero-order valence-electron chi connectivity index (χ0n) is 25.4. The number of aliphatic hydroxyl groups is 1. The minimum atomic E-state index is -0.407. The number of carbonyl (C=O) groups is 1. The quantitative estimate of drug-likeness (QED) is 0.370. The molecule has 0 atom stereocenters. The Kier molecular flexibility index (Phi) is 7.41. The fourth-order valence-electron chi connectivity index (χ4n) is 7.12. The van der Waals surface area contributed by atoms with Gasteiger partial charge in [0.05, 0.1) is 18.0 Å². The van der Waals surface area contributed by atoms with E-state index in [1.165, 1.54) is 42.7 Å². The molecule has 0 bridgehead atoms. The third-order valence-corrected chi connectivity index (χ3v) is 9.59. The van der Waals surface area contributed by atoms with Gasteiger partial charge in [0.25, 0.3) is 5.91 Å². The molecule has 2 N–H and O–H groups in total. The maximum atomic E-state index is 12.6. The first kappa shape index (κ1) is 28.0. The van der Waals surface area contributed by atoms with Gasteiger partial charge in [-0.05, 0) is 87.8 Å². The summed E-state index contributed by atoms with van der Waals surface area (Å²) in [4.78, 5) is 35.1. The van der Waals surface area contributed by atoms with Crippen LogP contribution in [0.25, 0.3) is 33.5 Å². The number of H-pyrrole nitrogens is 1. The number of piperidine rings is 1. The average molecular weight is 580 g/mol. The number of hydrogen-bond acceptors (Lipinski definition) is 7. The van der Waals surface area contributed by atoms with Gasteiger partial charge in [-0.15, -0.1) is 0 Å². The molecule has 3 saturated heterocycles. The highest BCUT2D eigenvalue weighted by molar-refractivity contribution is 5.96. The van der Waals surface area contributed by atoms with Crippen molar-refractivity contribution >= 4 is 22.8 Å². The summed E-state index contributed by atoms with van der Waals surface area (Å²) in [6, 6.07) is 12.8. The second-order valence-electron chi connectivity index (χ2n) is 12.6. The largest absolute Gasteiger partial charge is 0.389 e. The number of aliphatic hydroxyl groups excluding tert-OH is 1. The van der Waals surface area contributed by atoms with Crippen molar-refractivity contribution in [2.24, 2.45) is 0 Å². The Hall–Kier alpha value is -3.79. The van der Waals surface area contributed by atoms with Crippen LogP contribution in [0.3, 0.4) is 0 Å². The van der Waals surface area contributed by atoms with E-state index in [2.05, 4.69) is 52.7 Å². The molecule has 4 aromatic rings. The van der Waals surface area contributed by atoms with Gasteiger partial charge >= 0.3 is 0 Å². The monoisotopic (exact) mass is 579 g/mol. The Morgan fingerprint density at radius 3 is 2.26 bits per heavy atom. The van der Waals surface area contributed by atoms with Crippen molar-refractivity contribution in [3.05, 3.63) is 65.5 Å². The van der Waals surface area contributed by atoms with Crippen LogP contribution in [0.4, 0.5) is 5.69 Å². The Morgan fingerprint density at radius 2 is 1.60 bits per heavy atom. The normalized spacial score (nSPS) is 19.3. The van der Waals surface area contributed by atoms with Crippen molar-refractivity contribution in [1.29, 1.82) is 0 Å². The number of anilines is 1. The number of amides is 1. The number of benzene rings is 2. The van der Waals surface area contributed by atoms with E-state index in [9.17, 15) is 9.90 Å². The fourth-order valence-corrected chi connectivity index (χ4v) is 7.12. The molecule has 0 saturated carbocycles. The van der Waals surface area contributed by atoms with Gasteiger partial charge in [-0.25, -0.2) is 9.97 Å². The molecule has 5 heterocycles. The number of carbonyl (C=O) groups excluding carboxylic acids is 1. The molecule has 1 amide bonds.